The molecule has 0 aliphatic carbocycles. The van der Waals surface area contributed by atoms with Crippen LogP contribution in [0.1, 0.15) is 18.4 Å². The number of ether oxygens (including phenoxy) is 1. The molecule has 7 heteroatoms. The van der Waals surface area contributed by atoms with E-state index in [2.05, 4.69) is 10.2 Å². The van der Waals surface area contributed by atoms with E-state index < -0.39 is 0 Å². The second-order valence-electron chi connectivity index (χ2n) is 6.69. The molecular weight excluding hydrogens is 342 g/mol. The molecule has 1 saturated heterocycles. The van der Waals surface area contributed by atoms with Crippen LogP contribution in [-0.2, 0) is 9.59 Å². The summed E-state index contributed by atoms with van der Waals surface area (Å²) in [6, 6.07) is 3.46. The first kappa shape index (κ1) is 19.5. The molecule has 0 spiro atoms. The van der Waals surface area contributed by atoms with Crippen molar-refractivity contribution < 1.29 is 14.3 Å². The molecule has 2 amide bonds. The number of methoxy groups -OCH3 is 1. The van der Waals surface area contributed by atoms with E-state index in [0.29, 0.717) is 29.5 Å². The monoisotopic (exact) mass is 367 g/mol. The second-order valence-corrected chi connectivity index (χ2v) is 7.10. The number of nitrogens with one attached hydrogen (secondary N) is 1. The maximum absolute atomic E-state index is 12.6. The van der Waals surface area contributed by atoms with Gasteiger partial charge >= 0.3 is 0 Å². The van der Waals surface area contributed by atoms with Crippen LogP contribution in [0.3, 0.4) is 0 Å². The van der Waals surface area contributed by atoms with Crippen LogP contribution in [0.15, 0.2) is 12.1 Å². The number of nitrogens with zero attached hydrogens (tertiary/aromatic N) is 2. The largest absolute Gasteiger partial charge is 0.495 e. The maximum atomic E-state index is 12.6. The quantitative estimate of drug-likeness (QED) is 0.803. The average Bonchev–Trinajstić information content (AvgIpc) is 2.91. The number of aryl methyl sites for hydroxylation is 1. The highest BCUT2D eigenvalue weighted by Gasteiger charge is 2.34. The summed E-state index contributed by atoms with van der Waals surface area (Å²) in [5.74, 6) is 0.0466. The predicted octanol–water partition coefficient (Wildman–Crippen LogP) is 2.40. The van der Waals surface area contributed by atoms with Crippen LogP contribution >= 0.6 is 11.6 Å². The summed E-state index contributed by atoms with van der Waals surface area (Å²) in [6.45, 7) is 3.93. The summed E-state index contributed by atoms with van der Waals surface area (Å²) in [7, 11) is 5.54. The van der Waals surface area contributed by atoms with Crippen molar-refractivity contribution in [3.8, 4) is 5.75 Å². The van der Waals surface area contributed by atoms with E-state index >= 15 is 0 Å². The van der Waals surface area contributed by atoms with E-state index in [4.69, 9.17) is 16.3 Å². The molecule has 1 aromatic carbocycles. The van der Waals surface area contributed by atoms with E-state index in [9.17, 15) is 9.59 Å². The number of anilines is 1. The first-order valence-corrected chi connectivity index (χ1v) is 8.77. The Bertz CT molecular complexity index is 649. The Balaban J connectivity index is 1.98. The first-order chi connectivity index (χ1) is 11.8. The molecule has 1 aliphatic rings. The van der Waals surface area contributed by atoms with Crippen molar-refractivity contribution in [3.05, 3.63) is 22.7 Å². The Hall–Kier alpha value is -1.79. The van der Waals surface area contributed by atoms with Gasteiger partial charge < -0.3 is 19.9 Å². The Labute approximate surface area is 154 Å². The van der Waals surface area contributed by atoms with Gasteiger partial charge in [0.15, 0.2) is 0 Å². The topological polar surface area (TPSA) is 61.9 Å². The van der Waals surface area contributed by atoms with Gasteiger partial charge in [0, 0.05) is 30.6 Å². The molecule has 1 heterocycles. The van der Waals surface area contributed by atoms with Crippen LogP contribution in [0.2, 0.25) is 5.02 Å². The number of hydrogen-bond acceptors (Lipinski definition) is 4. The average molecular weight is 368 g/mol. The summed E-state index contributed by atoms with van der Waals surface area (Å²) in [6.07, 6.45) is 1.15. The van der Waals surface area contributed by atoms with Gasteiger partial charge in [0.25, 0.3) is 0 Å². The van der Waals surface area contributed by atoms with Crippen LogP contribution in [0.5, 0.6) is 5.75 Å². The van der Waals surface area contributed by atoms with Gasteiger partial charge in [-0.15, -0.1) is 0 Å². The Morgan fingerprint density at radius 1 is 1.44 bits per heavy atom. The van der Waals surface area contributed by atoms with Crippen LogP contribution in [0.25, 0.3) is 0 Å². The minimum Gasteiger partial charge on any atom is -0.495 e. The molecule has 2 rings (SSSR count). The number of likely N-dealkylation sites (tertiary alicyclic amines) is 1. The summed E-state index contributed by atoms with van der Waals surface area (Å²) in [5.41, 5.74) is 1.43. The molecule has 0 radical (unpaired) electrons. The zero-order valence-corrected chi connectivity index (χ0v) is 16.0. The van der Waals surface area contributed by atoms with Crippen molar-refractivity contribution in [1.29, 1.82) is 0 Å². The lowest BCUT2D eigenvalue weighted by Crippen LogP contribution is -2.30. The molecular formula is C18H26ClN3O3. The normalized spacial score (nSPS) is 17.3. The third kappa shape index (κ3) is 5.09. The van der Waals surface area contributed by atoms with E-state index in [1.165, 1.54) is 7.11 Å². The third-order valence-electron chi connectivity index (χ3n) is 4.36. The van der Waals surface area contributed by atoms with E-state index in [1.54, 1.807) is 17.0 Å². The molecule has 138 valence electrons. The number of amides is 2. The third-order valence-corrected chi connectivity index (χ3v) is 4.76. The second kappa shape index (κ2) is 8.54. The lowest BCUT2D eigenvalue weighted by Gasteiger charge is -2.18. The predicted molar refractivity (Wildman–Crippen MR) is 99.2 cm³/mol. The lowest BCUT2D eigenvalue weighted by atomic mass is 10.1. The fraction of sp³-hybridized carbons (Fsp3) is 0.556. The van der Waals surface area contributed by atoms with E-state index in [-0.39, 0.29) is 24.2 Å². The Morgan fingerprint density at radius 2 is 2.16 bits per heavy atom. The van der Waals surface area contributed by atoms with Crippen LogP contribution < -0.4 is 10.1 Å². The number of hydrogen-bond donors (Lipinski definition) is 1. The molecule has 0 aromatic heterocycles. The summed E-state index contributed by atoms with van der Waals surface area (Å²) >= 11 is 6.09. The van der Waals surface area contributed by atoms with Crippen molar-refractivity contribution in [1.82, 2.24) is 9.80 Å². The standard InChI is InChI=1S/C18H26ClN3O3/c1-12-8-15(16(25-4)10-14(12)19)20-18(24)13-9-17(23)22(11-13)7-5-6-21(2)3/h8,10,13H,5-7,9,11H2,1-4H3,(H,20,24). The maximum Gasteiger partial charge on any atom is 0.229 e. The van der Waals surface area contributed by atoms with E-state index in [0.717, 1.165) is 18.5 Å². The van der Waals surface area contributed by atoms with Gasteiger partial charge in [-0.2, -0.15) is 0 Å². The molecule has 1 aromatic rings. The molecule has 0 bridgehead atoms. The molecule has 0 saturated carbocycles. The molecule has 1 aliphatic heterocycles. The Kier molecular flexibility index (Phi) is 6.67. The van der Waals surface area contributed by atoms with Gasteiger partial charge in [0.2, 0.25) is 11.8 Å². The number of benzene rings is 1. The van der Waals surface area contributed by atoms with Crippen molar-refractivity contribution in [2.24, 2.45) is 5.92 Å². The first-order valence-electron chi connectivity index (χ1n) is 8.39. The Morgan fingerprint density at radius 3 is 2.80 bits per heavy atom. The fourth-order valence-electron chi connectivity index (χ4n) is 2.91. The van der Waals surface area contributed by atoms with Gasteiger partial charge in [-0.1, -0.05) is 11.6 Å². The minimum absolute atomic E-state index is 0.0400. The van der Waals surface area contributed by atoms with Gasteiger partial charge in [0.05, 0.1) is 18.7 Å². The number of rotatable bonds is 7. The van der Waals surface area contributed by atoms with Crippen LogP contribution in [0.4, 0.5) is 5.69 Å². The van der Waals surface area contributed by atoms with Crippen molar-refractivity contribution >= 4 is 29.1 Å². The SMILES string of the molecule is COc1cc(Cl)c(C)cc1NC(=O)C1CC(=O)N(CCCN(C)C)C1. The van der Waals surface area contributed by atoms with E-state index in [1.807, 2.05) is 21.0 Å². The van der Waals surface area contributed by atoms with Crippen LogP contribution in [-0.4, -0.2) is 62.5 Å². The highest BCUT2D eigenvalue weighted by Crippen LogP contribution is 2.32. The molecule has 1 N–H and O–H groups in total. The minimum atomic E-state index is -0.340. The van der Waals surface area contributed by atoms with Gasteiger partial charge in [0.1, 0.15) is 5.75 Å². The number of carbonyl (C=O) groups excluding carboxylic acids is 2. The molecule has 25 heavy (non-hydrogen) atoms. The zero-order chi connectivity index (χ0) is 18.6. The zero-order valence-electron chi connectivity index (χ0n) is 15.3. The smallest absolute Gasteiger partial charge is 0.229 e. The number of carbonyl (C=O) groups is 2. The van der Waals surface area contributed by atoms with Gasteiger partial charge in [-0.05, 0) is 45.6 Å². The molecule has 6 nitrogen and oxygen atoms in total. The number of halogens is 1. The van der Waals surface area contributed by atoms with Gasteiger partial charge in [-0.3, -0.25) is 9.59 Å². The summed E-state index contributed by atoms with van der Waals surface area (Å²) in [4.78, 5) is 28.6. The van der Waals surface area contributed by atoms with Crippen molar-refractivity contribution in [2.75, 3.05) is 46.2 Å². The summed E-state index contributed by atoms with van der Waals surface area (Å²) < 4.78 is 5.28. The van der Waals surface area contributed by atoms with Crippen molar-refractivity contribution in [2.45, 2.75) is 19.8 Å². The summed E-state index contributed by atoms with van der Waals surface area (Å²) in [5, 5.41) is 3.46. The van der Waals surface area contributed by atoms with Crippen LogP contribution in [0, 0.1) is 12.8 Å². The highest BCUT2D eigenvalue weighted by atomic mass is 35.5. The fourth-order valence-corrected chi connectivity index (χ4v) is 3.06. The molecule has 1 fully saturated rings. The lowest BCUT2D eigenvalue weighted by molar-refractivity contribution is -0.128. The molecule has 1 unspecified atom stereocenters. The molecule has 1 atom stereocenters. The highest BCUT2D eigenvalue weighted by molar-refractivity contribution is 6.31. The van der Waals surface area contributed by atoms with Gasteiger partial charge in [-0.25, -0.2) is 0 Å². The van der Waals surface area contributed by atoms with Crippen molar-refractivity contribution in [3.63, 3.8) is 0 Å².